The molecule has 6 rings (SSSR count). The molecule has 2 aromatic carbocycles. The number of hydrogen-bond donors (Lipinski definition) is 2. The molecule has 0 saturated carbocycles. The minimum absolute atomic E-state index is 0.0185. The van der Waals surface area contributed by atoms with Gasteiger partial charge in [-0.2, -0.15) is 0 Å². The summed E-state index contributed by atoms with van der Waals surface area (Å²) < 4.78 is 24.7. The van der Waals surface area contributed by atoms with E-state index < -0.39 is 6.04 Å². The maximum Gasteiger partial charge on any atom is 0.323 e. The molecule has 37 heavy (non-hydrogen) atoms. The number of piperidine rings is 1. The number of para-hydroxylation sites is 1. The van der Waals surface area contributed by atoms with Crippen molar-refractivity contribution in [3.63, 3.8) is 0 Å². The van der Waals surface area contributed by atoms with Gasteiger partial charge in [0.25, 0.3) is 0 Å². The summed E-state index contributed by atoms with van der Waals surface area (Å²) in [6, 6.07) is 14.9. The Labute approximate surface area is 216 Å². The monoisotopic (exact) mass is 506 g/mol. The highest BCUT2D eigenvalue weighted by atomic mass is 19.1. The van der Waals surface area contributed by atoms with Crippen LogP contribution in [0, 0.1) is 5.82 Å². The maximum absolute atomic E-state index is 13.9. The minimum atomic E-state index is -0.397. The Hall–Kier alpha value is -2.78. The molecule has 0 radical (unpaired) electrons. The smallest absolute Gasteiger partial charge is 0.323 e. The molecule has 2 fully saturated rings. The van der Waals surface area contributed by atoms with Crippen molar-refractivity contribution in [3.8, 4) is 0 Å². The van der Waals surface area contributed by atoms with Crippen molar-refractivity contribution >= 4 is 16.9 Å². The fourth-order valence-electron chi connectivity index (χ4n) is 6.57. The van der Waals surface area contributed by atoms with Crippen LogP contribution in [0.3, 0.4) is 0 Å². The van der Waals surface area contributed by atoms with E-state index in [0.717, 1.165) is 63.3 Å². The Balaban J connectivity index is 1.35. The molecular formula is C29H35FN4O3. The van der Waals surface area contributed by atoms with E-state index in [0.29, 0.717) is 6.42 Å². The number of carbonyl (C=O) groups excluding carboxylic acids is 1. The minimum Gasteiger partial charge on any atom is -0.468 e. The van der Waals surface area contributed by atoms with Gasteiger partial charge in [0.1, 0.15) is 11.9 Å². The van der Waals surface area contributed by atoms with Crippen molar-refractivity contribution in [2.45, 2.75) is 43.4 Å². The van der Waals surface area contributed by atoms with Crippen LogP contribution in [0.1, 0.15) is 41.7 Å². The van der Waals surface area contributed by atoms with Crippen LogP contribution < -0.4 is 5.32 Å². The van der Waals surface area contributed by atoms with Crippen LogP contribution in [-0.2, 0) is 20.7 Å². The van der Waals surface area contributed by atoms with E-state index in [-0.39, 0.29) is 29.9 Å². The molecule has 0 spiro atoms. The Morgan fingerprint density at radius 2 is 1.86 bits per heavy atom. The third-order valence-corrected chi connectivity index (χ3v) is 8.37. The first-order chi connectivity index (χ1) is 18.1. The second-order valence-electron chi connectivity index (χ2n) is 10.4. The average Bonchev–Trinajstić information content (AvgIpc) is 3.32. The standard InChI is InChI=1S/C29H35FN4O3/c1-36-29(35)27-18-23-22-4-2-3-5-24(22)32-28(23)26-17-21(31-10-11-33-12-14-37-15-13-33)16-25(34(26)27)19-6-8-20(30)9-7-19/h2-9,21,25-27,31-32H,10-18H2,1H3/t21-,25-,26+,27-/m0/s1. The predicted octanol–water partition coefficient (Wildman–Crippen LogP) is 3.57. The highest BCUT2D eigenvalue weighted by Crippen LogP contribution is 2.48. The number of H-pyrrole nitrogens is 1. The zero-order valence-electron chi connectivity index (χ0n) is 21.3. The Morgan fingerprint density at radius 3 is 2.65 bits per heavy atom. The fourth-order valence-corrected chi connectivity index (χ4v) is 6.57. The summed E-state index contributed by atoms with van der Waals surface area (Å²) in [7, 11) is 1.47. The molecule has 0 unspecified atom stereocenters. The number of esters is 1. The van der Waals surface area contributed by atoms with Gasteiger partial charge in [-0.15, -0.1) is 0 Å². The van der Waals surface area contributed by atoms with Crippen LogP contribution in [0.4, 0.5) is 4.39 Å². The Bertz CT molecular complexity index is 1240. The van der Waals surface area contributed by atoms with Gasteiger partial charge in [-0.05, 0) is 42.2 Å². The van der Waals surface area contributed by atoms with Crippen molar-refractivity contribution in [2.24, 2.45) is 0 Å². The normalized spacial score (nSPS) is 26.5. The number of benzene rings is 2. The first-order valence-corrected chi connectivity index (χ1v) is 13.4. The van der Waals surface area contributed by atoms with Crippen molar-refractivity contribution in [1.82, 2.24) is 20.1 Å². The van der Waals surface area contributed by atoms with Gasteiger partial charge in [0.15, 0.2) is 0 Å². The van der Waals surface area contributed by atoms with E-state index in [9.17, 15) is 9.18 Å². The zero-order valence-corrected chi connectivity index (χ0v) is 21.3. The van der Waals surface area contributed by atoms with E-state index in [1.165, 1.54) is 35.9 Å². The lowest BCUT2D eigenvalue weighted by atomic mass is 9.79. The van der Waals surface area contributed by atoms with Crippen molar-refractivity contribution in [1.29, 1.82) is 0 Å². The van der Waals surface area contributed by atoms with E-state index in [4.69, 9.17) is 9.47 Å². The molecule has 7 nitrogen and oxygen atoms in total. The molecule has 3 aliphatic heterocycles. The first-order valence-electron chi connectivity index (χ1n) is 13.4. The number of nitrogens with one attached hydrogen (secondary N) is 2. The third-order valence-electron chi connectivity index (χ3n) is 8.37. The molecule has 1 aromatic heterocycles. The van der Waals surface area contributed by atoms with E-state index in [1.807, 2.05) is 24.3 Å². The van der Waals surface area contributed by atoms with Gasteiger partial charge in [0.2, 0.25) is 0 Å². The number of hydrogen-bond acceptors (Lipinski definition) is 6. The SMILES string of the molecule is COC(=O)[C@@H]1Cc2c([nH]c3ccccc23)[C@H]2C[C@@H](NCCN3CCOCC3)C[C@@H](c3ccc(F)cc3)N21. The van der Waals surface area contributed by atoms with Crippen LogP contribution >= 0.6 is 0 Å². The van der Waals surface area contributed by atoms with Crippen LogP contribution in [0.15, 0.2) is 48.5 Å². The molecule has 3 aliphatic rings. The lowest BCUT2D eigenvalue weighted by molar-refractivity contribution is -0.152. The highest BCUT2D eigenvalue weighted by Gasteiger charge is 2.48. The van der Waals surface area contributed by atoms with Crippen LogP contribution in [0.25, 0.3) is 10.9 Å². The number of aromatic amines is 1. The number of aromatic nitrogens is 1. The lowest BCUT2D eigenvalue weighted by Gasteiger charge is -2.51. The quantitative estimate of drug-likeness (QED) is 0.499. The molecule has 196 valence electrons. The van der Waals surface area contributed by atoms with Crippen LogP contribution in [-0.4, -0.2) is 79.3 Å². The largest absolute Gasteiger partial charge is 0.468 e. The molecule has 2 saturated heterocycles. The summed E-state index contributed by atoms with van der Waals surface area (Å²) in [6.07, 6.45) is 2.32. The molecule has 4 atom stereocenters. The van der Waals surface area contributed by atoms with E-state index in [2.05, 4.69) is 32.2 Å². The van der Waals surface area contributed by atoms with Crippen LogP contribution in [0.2, 0.25) is 0 Å². The van der Waals surface area contributed by atoms with Crippen molar-refractivity contribution < 1.29 is 18.7 Å². The zero-order chi connectivity index (χ0) is 25.4. The molecule has 0 bridgehead atoms. The second-order valence-corrected chi connectivity index (χ2v) is 10.4. The Kier molecular flexibility index (Phi) is 6.99. The molecule has 2 N–H and O–H groups in total. The molecule has 0 amide bonds. The number of methoxy groups -OCH3 is 1. The van der Waals surface area contributed by atoms with Crippen LogP contribution in [0.5, 0.6) is 0 Å². The lowest BCUT2D eigenvalue weighted by Crippen LogP contribution is -2.56. The number of rotatable bonds is 6. The topological polar surface area (TPSA) is 69.8 Å². The second kappa shape index (κ2) is 10.5. The average molecular weight is 507 g/mol. The summed E-state index contributed by atoms with van der Waals surface area (Å²) in [5, 5.41) is 5.00. The molecule has 0 aliphatic carbocycles. The number of halogens is 1. The number of fused-ring (bicyclic) bond motifs is 5. The number of morpholine rings is 1. The van der Waals surface area contributed by atoms with Gasteiger partial charge in [0, 0.05) is 61.3 Å². The Morgan fingerprint density at radius 1 is 1.11 bits per heavy atom. The summed E-state index contributed by atoms with van der Waals surface area (Å²) in [6.45, 7) is 5.42. The fraction of sp³-hybridized carbons (Fsp3) is 0.483. The number of carbonyl (C=O) groups is 1. The third kappa shape index (κ3) is 4.79. The summed E-state index contributed by atoms with van der Waals surface area (Å²) in [5.41, 5.74) is 4.52. The summed E-state index contributed by atoms with van der Waals surface area (Å²) in [4.78, 5) is 21.6. The molecule has 4 heterocycles. The van der Waals surface area contributed by atoms with Gasteiger partial charge < -0.3 is 19.8 Å². The van der Waals surface area contributed by atoms with E-state index >= 15 is 0 Å². The van der Waals surface area contributed by atoms with Gasteiger partial charge in [-0.25, -0.2) is 4.39 Å². The maximum atomic E-state index is 13.9. The van der Waals surface area contributed by atoms with Gasteiger partial charge >= 0.3 is 5.97 Å². The molecular weight excluding hydrogens is 471 g/mol. The van der Waals surface area contributed by atoms with Gasteiger partial charge in [0.05, 0.1) is 26.4 Å². The van der Waals surface area contributed by atoms with E-state index in [1.54, 1.807) is 0 Å². The summed E-state index contributed by atoms with van der Waals surface area (Å²) >= 11 is 0. The predicted molar refractivity (Wildman–Crippen MR) is 140 cm³/mol. The highest BCUT2D eigenvalue weighted by molar-refractivity contribution is 5.87. The number of ether oxygens (including phenoxy) is 2. The van der Waals surface area contributed by atoms with Gasteiger partial charge in [-0.3, -0.25) is 14.6 Å². The molecule has 8 heteroatoms. The summed E-state index contributed by atoms with van der Waals surface area (Å²) in [5.74, 6) is -0.468. The molecule has 3 aromatic rings. The van der Waals surface area contributed by atoms with Gasteiger partial charge in [-0.1, -0.05) is 30.3 Å². The number of nitrogens with zero attached hydrogens (tertiary/aromatic N) is 2. The first kappa shape index (κ1) is 24.6. The van der Waals surface area contributed by atoms with Crippen molar-refractivity contribution in [3.05, 3.63) is 71.2 Å². The van der Waals surface area contributed by atoms with Crippen molar-refractivity contribution in [2.75, 3.05) is 46.5 Å².